The van der Waals surface area contributed by atoms with Crippen molar-refractivity contribution in [2.24, 2.45) is 0 Å². The fourth-order valence-corrected chi connectivity index (χ4v) is 2.38. The predicted octanol–water partition coefficient (Wildman–Crippen LogP) is 1.87. The van der Waals surface area contributed by atoms with Crippen molar-refractivity contribution < 1.29 is 9.53 Å². The van der Waals surface area contributed by atoms with Crippen molar-refractivity contribution in [2.75, 3.05) is 13.7 Å². The molecule has 0 aromatic heterocycles. The minimum atomic E-state index is -0.0538. The Kier molecular flexibility index (Phi) is 4.43. The van der Waals surface area contributed by atoms with E-state index in [-0.39, 0.29) is 11.9 Å². The summed E-state index contributed by atoms with van der Waals surface area (Å²) in [5.41, 5.74) is 1.67. The van der Waals surface area contributed by atoms with Crippen molar-refractivity contribution in [3.8, 4) is 5.75 Å². The molecule has 0 saturated carbocycles. The van der Waals surface area contributed by atoms with Crippen molar-refractivity contribution >= 4 is 5.91 Å². The van der Waals surface area contributed by atoms with E-state index in [1.807, 2.05) is 25.1 Å². The number of carbonyl (C=O) groups is 1. The zero-order chi connectivity index (χ0) is 13.8. The molecule has 1 aromatic carbocycles. The van der Waals surface area contributed by atoms with E-state index in [4.69, 9.17) is 4.74 Å². The second kappa shape index (κ2) is 6.06. The van der Waals surface area contributed by atoms with Crippen LogP contribution in [0.4, 0.5) is 0 Å². The number of carbonyl (C=O) groups excluding carboxylic acids is 1. The molecular formula is C15H22N2O2. The summed E-state index contributed by atoms with van der Waals surface area (Å²) in [5, 5.41) is 6.46. The third-order valence-corrected chi connectivity index (χ3v) is 3.60. The molecule has 2 atom stereocenters. The quantitative estimate of drug-likeness (QED) is 0.874. The maximum atomic E-state index is 12.3. The molecule has 1 aliphatic rings. The monoisotopic (exact) mass is 262 g/mol. The van der Waals surface area contributed by atoms with E-state index in [1.54, 1.807) is 7.11 Å². The van der Waals surface area contributed by atoms with Crippen LogP contribution in [0.5, 0.6) is 5.75 Å². The van der Waals surface area contributed by atoms with Crippen LogP contribution in [0.1, 0.15) is 35.7 Å². The number of ether oxygens (including phenoxy) is 1. The Morgan fingerprint density at radius 1 is 1.42 bits per heavy atom. The molecule has 4 heteroatoms. The third-order valence-electron chi connectivity index (χ3n) is 3.60. The smallest absolute Gasteiger partial charge is 0.255 e. The van der Waals surface area contributed by atoms with Crippen molar-refractivity contribution in [3.05, 3.63) is 29.3 Å². The minimum absolute atomic E-state index is 0.0538. The first-order valence-electron chi connectivity index (χ1n) is 6.79. The number of hydrogen-bond acceptors (Lipinski definition) is 3. The van der Waals surface area contributed by atoms with Crippen LogP contribution >= 0.6 is 0 Å². The van der Waals surface area contributed by atoms with Gasteiger partial charge in [0.1, 0.15) is 5.75 Å². The van der Waals surface area contributed by atoms with Crippen LogP contribution in [0.25, 0.3) is 0 Å². The maximum absolute atomic E-state index is 12.3. The second-order valence-corrected chi connectivity index (χ2v) is 5.26. The van der Waals surface area contributed by atoms with E-state index >= 15 is 0 Å². The third kappa shape index (κ3) is 3.47. The van der Waals surface area contributed by atoms with Gasteiger partial charge in [-0.15, -0.1) is 0 Å². The summed E-state index contributed by atoms with van der Waals surface area (Å²) < 4.78 is 5.25. The first-order chi connectivity index (χ1) is 9.10. The Balaban J connectivity index is 2.05. The van der Waals surface area contributed by atoms with E-state index in [0.717, 1.165) is 24.9 Å². The van der Waals surface area contributed by atoms with Crippen molar-refractivity contribution in [3.63, 3.8) is 0 Å². The Labute approximate surface area is 114 Å². The molecule has 1 aliphatic heterocycles. The van der Waals surface area contributed by atoms with Gasteiger partial charge in [-0.2, -0.15) is 0 Å². The summed E-state index contributed by atoms with van der Waals surface area (Å²) in [6, 6.07) is 6.40. The van der Waals surface area contributed by atoms with E-state index < -0.39 is 0 Å². The first kappa shape index (κ1) is 13.9. The summed E-state index contributed by atoms with van der Waals surface area (Å²) in [7, 11) is 1.59. The molecular weight excluding hydrogens is 240 g/mol. The predicted molar refractivity (Wildman–Crippen MR) is 75.7 cm³/mol. The molecule has 2 rings (SSSR count). The number of nitrogens with one attached hydrogen (secondary N) is 2. The topological polar surface area (TPSA) is 50.4 Å². The molecule has 1 heterocycles. The highest BCUT2D eigenvalue weighted by Crippen LogP contribution is 2.20. The van der Waals surface area contributed by atoms with Crippen LogP contribution in [0.15, 0.2) is 18.2 Å². The highest BCUT2D eigenvalue weighted by atomic mass is 16.5. The second-order valence-electron chi connectivity index (χ2n) is 5.26. The van der Waals surface area contributed by atoms with E-state index in [2.05, 4.69) is 17.6 Å². The van der Waals surface area contributed by atoms with Crippen molar-refractivity contribution in [2.45, 2.75) is 38.8 Å². The van der Waals surface area contributed by atoms with Crippen LogP contribution < -0.4 is 15.4 Å². The average Bonchev–Trinajstić information content (AvgIpc) is 2.41. The van der Waals surface area contributed by atoms with Gasteiger partial charge in [0.2, 0.25) is 0 Å². The number of piperidine rings is 1. The molecule has 1 fully saturated rings. The highest BCUT2D eigenvalue weighted by Gasteiger charge is 2.21. The van der Waals surface area contributed by atoms with Crippen molar-refractivity contribution in [1.29, 1.82) is 0 Å². The van der Waals surface area contributed by atoms with E-state index in [1.165, 1.54) is 0 Å². The number of amides is 1. The van der Waals surface area contributed by atoms with E-state index in [0.29, 0.717) is 17.4 Å². The number of benzene rings is 1. The highest BCUT2D eigenvalue weighted by molar-refractivity contribution is 5.97. The van der Waals surface area contributed by atoms with Crippen molar-refractivity contribution in [1.82, 2.24) is 10.6 Å². The summed E-state index contributed by atoms with van der Waals surface area (Å²) >= 11 is 0. The van der Waals surface area contributed by atoms with Gasteiger partial charge in [-0.25, -0.2) is 0 Å². The van der Waals surface area contributed by atoms with Gasteiger partial charge in [0.15, 0.2) is 0 Å². The normalized spacial score (nSPS) is 22.9. The lowest BCUT2D eigenvalue weighted by atomic mass is 10.0. The van der Waals surface area contributed by atoms with Gasteiger partial charge in [-0.1, -0.05) is 11.6 Å². The molecule has 0 radical (unpaired) electrons. The number of aryl methyl sites for hydroxylation is 1. The first-order valence-corrected chi connectivity index (χ1v) is 6.79. The van der Waals surface area contributed by atoms with Crippen LogP contribution in [0.3, 0.4) is 0 Å². The molecule has 2 N–H and O–H groups in total. The molecule has 2 unspecified atom stereocenters. The maximum Gasteiger partial charge on any atom is 0.255 e. The molecule has 4 nitrogen and oxygen atoms in total. The molecule has 0 spiro atoms. The molecule has 1 saturated heterocycles. The van der Waals surface area contributed by atoms with Crippen LogP contribution in [-0.2, 0) is 0 Å². The van der Waals surface area contributed by atoms with Gasteiger partial charge in [-0.3, -0.25) is 4.79 Å². The molecule has 1 aromatic rings. The largest absolute Gasteiger partial charge is 0.496 e. The lowest BCUT2D eigenvalue weighted by Gasteiger charge is -2.28. The van der Waals surface area contributed by atoms with Crippen LogP contribution in [0.2, 0.25) is 0 Å². The lowest BCUT2D eigenvalue weighted by Crippen LogP contribution is -2.48. The Morgan fingerprint density at radius 3 is 2.84 bits per heavy atom. The SMILES string of the molecule is COc1ccc(C)cc1C(=O)NC1CCC(C)NC1. The number of methoxy groups -OCH3 is 1. The molecule has 19 heavy (non-hydrogen) atoms. The Hall–Kier alpha value is -1.55. The van der Waals surface area contributed by atoms with Crippen LogP contribution in [0, 0.1) is 6.92 Å². The zero-order valence-electron chi connectivity index (χ0n) is 11.8. The van der Waals surface area contributed by atoms with Gasteiger partial charge < -0.3 is 15.4 Å². The summed E-state index contributed by atoms with van der Waals surface area (Å²) in [6.45, 7) is 4.97. The molecule has 0 bridgehead atoms. The minimum Gasteiger partial charge on any atom is -0.496 e. The molecule has 1 amide bonds. The summed E-state index contributed by atoms with van der Waals surface area (Å²) in [4.78, 5) is 12.3. The number of rotatable bonds is 3. The summed E-state index contributed by atoms with van der Waals surface area (Å²) in [5.74, 6) is 0.571. The fraction of sp³-hybridized carbons (Fsp3) is 0.533. The Bertz CT molecular complexity index is 451. The molecule has 104 valence electrons. The fourth-order valence-electron chi connectivity index (χ4n) is 2.38. The van der Waals surface area contributed by atoms with Gasteiger partial charge in [0.05, 0.1) is 12.7 Å². The average molecular weight is 262 g/mol. The standard InChI is InChI=1S/C15H22N2O2/c1-10-4-7-14(19-3)13(8-10)15(18)17-12-6-5-11(2)16-9-12/h4,7-8,11-12,16H,5-6,9H2,1-3H3,(H,17,18). The summed E-state index contributed by atoms with van der Waals surface area (Å²) in [6.07, 6.45) is 2.12. The van der Waals surface area contributed by atoms with Gasteiger partial charge >= 0.3 is 0 Å². The molecule has 0 aliphatic carbocycles. The lowest BCUT2D eigenvalue weighted by molar-refractivity contribution is 0.0924. The van der Waals surface area contributed by atoms with Gasteiger partial charge in [0, 0.05) is 18.6 Å². The van der Waals surface area contributed by atoms with Crippen LogP contribution in [-0.4, -0.2) is 31.6 Å². The zero-order valence-corrected chi connectivity index (χ0v) is 11.8. The number of hydrogen-bond donors (Lipinski definition) is 2. The van der Waals surface area contributed by atoms with Gasteiger partial charge in [-0.05, 0) is 38.8 Å². The van der Waals surface area contributed by atoms with Gasteiger partial charge in [0.25, 0.3) is 5.91 Å². The Morgan fingerprint density at radius 2 is 2.21 bits per heavy atom. The van der Waals surface area contributed by atoms with E-state index in [9.17, 15) is 4.79 Å².